The number of nitrogens with one attached hydrogen (secondary N) is 1. The van der Waals surface area contributed by atoms with Crippen LogP contribution >= 0.6 is 0 Å². The average Bonchev–Trinajstić information content (AvgIpc) is 1.57. The molecule has 0 saturated carbocycles. The fourth-order valence-electron chi connectivity index (χ4n) is 12.2. The Labute approximate surface area is 450 Å². The van der Waals surface area contributed by atoms with Crippen molar-refractivity contribution in [1.29, 1.82) is 0 Å². The smallest absolute Gasteiger partial charge is 0.225 e. The molecule has 0 spiro atoms. The van der Waals surface area contributed by atoms with Gasteiger partial charge in [0.15, 0.2) is 128 Å². The topological polar surface area (TPSA) is 4.44 Å². The van der Waals surface area contributed by atoms with Crippen molar-refractivity contribution in [2.45, 2.75) is 72.0 Å². The quantitative estimate of drug-likeness (QED) is 0.0550. The Morgan fingerprint density at radius 2 is 0.602 bits per heavy atom. The molecule has 0 aliphatic heterocycles. The van der Waals surface area contributed by atoms with Gasteiger partial charge < -0.3 is 0 Å². The Morgan fingerprint density at radius 1 is 0.337 bits per heavy atom. The van der Waals surface area contributed by atoms with Crippen LogP contribution in [0.1, 0.15) is 115 Å². The molecule has 0 bridgehead atoms. The van der Waals surface area contributed by atoms with Crippen LogP contribution in [-0.4, -0.2) is 26.7 Å². The molecule has 5 aromatic carbocycles. The first-order valence-electron chi connectivity index (χ1n) is 24.2. The lowest BCUT2D eigenvalue weighted by Gasteiger charge is -2.54. The number of benzene rings is 5. The standard InChI is InChI=1S/C17H25F4N.4C9HF6.Al/c1-5-7-8-12(6-2)9-10-22(4)17-14(19)11(3)13(18)15(20)16(17)21;4*10-3-1-2-4(6(3)12)7(13)9(15)8(14)5(2)11;/h12H,5-10H2,1-4H3;4*1H;/q;;;;;-1/p+1. The van der Waals surface area contributed by atoms with Crippen molar-refractivity contribution in [2.75, 3.05) is 13.6 Å². The van der Waals surface area contributed by atoms with E-state index in [0.717, 1.165) is 39.0 Å². The van der Waals surface area contributed by atoms with Gasteiger partial charge in [-0.15, -0.1) is 0 Å². The van der Waals surface area contributed by atoms with Gasteiger partial charge in [-0.1, -0.05) is 58.7 Å². The van der Waals surface area contributed by atoms with Crippen molar-refractivity contribution < 1.29 is 128 Å². The molecule has 0 fully saturated rings. The number of unbranched alkanes of at least 4 members (excludes halogenated alkanes) is 1. The molecule has 9 rings (SSSR count). The van der Waals surface area contributed by atoms with Gasteiger partial charge in [0.2, 0.25) is 30.4 Å². The fraction of sp³-hybridized carbons (Fsp3) is 0.283. The molecule has 0 heterocycles. The molecule has 4 aliphatic rings. The van der Waals surface area contributed by atoms with E-state index in [0.29, 0.717) is 17.4 Å². The van der Waals surface area contributed by atoms with Gasteiger partial charge in [0, 0.05) is 5.56 Å². The highest BCUT2D eigenvalue weighted by Gasteiger charge is 2.70. The summed E-state index contributed by atoms with van der Waals surface area (Å²) in [6.07, 6.45) is 5.14. The fourth-order valence-corrected chi connectivity index (χ4v) is 20.7. The van der Waals surface area contributed by atoms with E-state index in [4.69, 9.17) is 0 Å². The van der Waals surface area contributed by atoms with Crippen molar-refractivity contribution in [3.8, 4) is 0 Å². The summed E-state index contributed by atoms with van der Waals surface area (Å²) in [6.45, 7) is 5.83. The molecule has 0 saturated heterocycles. The SMILES string of the molecule is CCCCC(CC)CC[NH+](C)c1c(F)c(C)c(F)c(F)c1F.FC1=C(F)[CH]([Al-]([CH]2C(F)=C(F)c3c(F)c(F)c(F)c(F)c32)([CH]2C(F)=C(F)c3c(F)c(F)c(F)c(F)c32)[CH]2C(F)=C(F)c3c(F)c(F)c(F)c(F)c32)c2c(F)c(F)c(F)c(F)c21. The number of rotatable bonds is 12. The Hall–Kier alpha value is -6.41. The lowest BCUT2D eigenvalue weighted by atomic mass is 9.95. The summed E-state index contributed by atoms with van der Waals surface area (Å²) in [6, 6.07) is 0. The van der Waals surface area contributed by atoms with E-state index < -0.39 is 251 Å². The third kappa shape index (κ3) is 8.73. The van der Waals surface area contributed by atoms with Crippen molar-refractivity contribution in [3.05, 3.63) is 190 Å². The van der Waals surface area contributed by atoms with Crippen molar-refractivity contribution in [2.24, 2.45) is 5.92 Å². The molecule has 6 unspecified atom stereocenters. The van der Waals surface area contributed by atoms with Gasteiger partial charge in [-0.3, -0.25) is 4.90 Å². The van der Waals surface area contributed by atoms with Crippen molar-refractivity contribution >= 4 is 42.1 Å². The molecule has 5 aromatic rings. The summed E-state index contributed by atoms with van der Waals surface area (Å²) in [5.74, 6) is -82.4. The number of halogens is 28. The summed E-state index contributed by atoms with van der Waals surface area (Å²) < 4.78 is 414. The minimum atomic E-state index is -8.89. The van der Waals surface area contributed by atoms with E-state index in [1.807, 2.05) is 0 Å². The van der Waals surface area contributed by atoms with E-state index in [1.54, 1.807) is 7.05 Å². The van der Waals surface area contributed by atoms with Gasteiger partial charge in [-0.2, -0.15) is 8.78 Å². The van der Waals surface area contributed by atoms with Crippen LogP contribution in [0, 0.1) is 129 Å². The lowest BCUT2D eigenvalue weighted by molar-refractivity contribution is -0.813. The largest absolute Gasteiger partial charge is 0.300 e. The Bertz CT molecular complexity index is 3360. The molecule has 30 heteroatoms. The maximum Gasteiger partial charge on any atom is 0.225 e. The summed E-state index contributed by atoms with van der Waals surface area (Å²) >= 11 is -8.89. The Balaban J connectivity index is 0.000000345. The number of fused-ring (bicyclic) bond motifs is 4. The highest BCUT2D eigenvalue weighted by Crippen LogP contribution is 2.72. The molecule has 4 aliphatic carbocycles. The zero-order chi connectivity index (χ0) is 62.1. The molecule has 446 valence electrons. The minimum absolute atomic E-state index is 0.401. The molecular weight excluding hydrogens is 1210 g/mol. The normalized spacial score (nSPS) is 19.7. The zero-order valence-corrected chi connectivity index (χ0v) is 42.9. The highest BCUT2D eigenvalue weighted by atomic mass is 27.2. The second-order valence-corrected chi connectivity index (χ2v) is 24.9. The van der Waals surface area contributed by atoms with Crippen LogP contribution in [0.2, 0.25) is 0 Å². The number of hydrogen-bond acceptors (Lipinski definition) is 0. The maximum atomic E-state index is 17.0. The number of hydrogen-bond donors (Lipinski definition) is 1. The van der Waals surface area contributed by atoms with Gasteiger partial charge in [0.1, 0.15) is 23.3 Å². The second-order valence-electron chi connectivity index (χ2n) is 19.9. The third-order valence-corrected chi connectivity index (χ3v) is 23.1. The Kier molecular flexibility index (Phi) is 16.8. The summed E-state index contributed by atoms with van der Waals surface area (Å²) in [7, 11) is 1.59. The van der Waals surface area contributed by atoms with Crippen LogP contribution in [0.5, 0.6) is 0 Å². The number of allylic oxidation sites excluding steroid dienone is 4. The number of quaternary nitrogens is 1. The predicted octanol–water partition coefficient (Wildman–Crippen LogP) is 17.7. The maximum absolute atomic E-state index is 17.0. The molecule has 83 heavy (non-hydrogen) atoms. The second kappa shape index (κ2) is 22.2. The van der Waals surface area contributed by atoms with Crippen LogP contribution < -0.4 is 4.90 Å². The molecule has 6 atom stereocenters. The zero-order valence-electron chi connectivity index (χ0n) is 41.8. The van der Waals surface area contributed by atoms with Crippen LogP contribution in [-0.2, 0) is 0 Å². The Morgan fingerprint density at radius 3 is 0.867 bits per heavy atom. The highest BCUT2D eigenvalue weighted by molar-refractivity contribution is 6.88. The van der Waals surface area contributed by atoms with Crippen LogP contribution in [0.15, 0.2) is 23.3 Å². The van der Waals surface area contributed by atoms with Crippen molar-refractivity contribution in [1.82, 2.24) is 0 Å². The molecule has 1 N–H and O–H groups in total. The van der Waals surface area contributed by atoms with Crippen LogP contribution in [0.4, 0.5) is 129 Å². The van der Waals surface area contributed by atoms with Gasteiger partial charge in [0.25, 0.3) is 0 Å². The first-order valence-corrected chi connectivity index (χ1v) is 26.8. The van der Waals surface area contributed by atoms with Crippen molar-refractivity contribution in [3.63, 3.8) is 0 Å². The van der Waals surface area contributed by atoms with Crippen LogP contribution in [0.25, 0.3) is 23.3 Å². The van der Waals surface area contributed by atoms with Crippen LogP contribution in [0.3, 0.4) is 0 Å². The van der Waals surface area contributed by atoms with Gasteiger partial charge in [-0.05, 0) is 41.5 Å². The van der Waals surface area contributed by atoms with Gasteiger partial charge in [0.05, 0.1) is 35.8 Å². The third-order valence-electron chi connectivity index (χ3n) is 16.0. The molecule has 0 amide bonds. The first kappa shape index (κ1) is 62.6. The van der Waals surface area contributed by atoms with Gasteiger partial charge >= 0.3 is 0 Å². The summed E-state index contributed by atoms with van der Waals surface area (Å²) in [5, 5.41) is 0. The minimum Gasteiger partial charge on any atom is -0.300 e. The van der Waals surface area contributed by atoms with E-state index in [9.17, 15) is 35.1 Å². The molecule has 0 radical (unpaired) electrons. The summed E-state index contributed by atoms with van der Waals surface area (Å²) in [4.78, 5) is 0.437. The average molecular weight is 1240 g/mol. The lowest BCUT2D eigenvalue weighted by Crippen LogP contribution is -3.04. The first-order chi connectivity index (χ1) is 38.7. The van der Waals surface area contributed by atoms with E-state index >= 15 is 87.8 Å². The monoisotopic (exact) mass is 1240 g/mol. The van der Waals surface area contributed by atoms with Gasteiger partial charge in [-0.25, -0.2) is 114 Å². The van der Waals surface area contributed by atoms with E-state index in [-0.39, 0.29) is 0 Å². The summed E-state index contributed by atoms with van der Waals surface area (Å²) in [5.41, 5.74) is -22.5. The predicted molar refractivity (Wildman–Crippen MR) is 239 cm³/mol. The van der Waals surface area contributed by atoms with E-state index in [1.165, 1.54) is 0 Å². The molecule has 1 nitrogen and oxygen atoms in total. The van der Waals surface area contributed by atoms with E-state index in [2.05, 4.69) is 13.8 Å². The molecule has 0 aromatic heterocycles. The molecular formula is C53H30AlF28N.